The predicted molar refractivity (Wildman–Crippen MR) is 103 cm³/mol. The van der Waals surface area contributed by atoms with Gasteiger partial charge in [0.05, 0.1) is 34.5 Å². The first-order valence-electron chi connectivity index (χ1n) is 8.33. The number of ether oxygens (including phenoxy) is 1. The summed E-state index contributed by atoms with van der Waals surface area (Å²) in [5.41, 5.74) is -0.741. The molecule has 0 aromatic heterocycles. The summed E-state index contributed by atoms with van der Waals surface area (Å²) in [6.07, 6.45) is -5.50. The molecule has 2 aromatic carbocycles. The van der Waals surface area contributed by atoms with E-state index in [2.05, 4.69) is 4.99 Å². The maximum atomic E-state index is 12.9. The van der Waals surface area contributed by atoms with Crippen LogP contribution >= 0.6 is 11.6 Å². The number of rotatable bonds is 7. The molecule has 0 bridgehead atoms. The molecule has 150 valence electrons. The summed E-state index contributed by atoms with van der Waals surface area (Å²) in [5, 5.41) is 16.0. The fraction of sp³-hybridized carbons (Fsp3) is 0.200. The largest absolute Gasteiger partial charge is 0.461 e. The highest BCUT2D eigenvalue weighted by Gasteiger charge is 2.35. The number of nitrogens with zero attached hydrogens (tertiary/aromatic N) is 2. The van der Waals surface area contributed by atoms with Crippen molar-refractivity contribution < 1.29 is 22.7 Å². The van der Waals surface area contributed by atoms with Crippen molar-refractivity contribution in [2.45, 2.75) is 19.0 Å². The Labute approximate surface area is 169 Å². The first kappa shape index (κ1) is 22.1. The highest BCUT2D eigenvalue weighted by molar-refractivity contribution is 6.33. The number of carbonyl (C=O) groups excluding carboxylic acids is 1. The highest BCUT2D eigenvalue weighted by atomic mass is 35.5. The van der Waals surface area contributed by atoms with Gasteiger partial charge in [-0.05, 0) is 29.8 Å². The van der Waals surface area contributed by atoms with Gasteiger partial charge in [-0.2, -0.15) is 18.4 Å². The van der Waals surface area contributed by atoms with Crippen LogP contribution in [0.3, 0.4) is 0 Å². The lowest BCUT2D eigenvalue weighted by Crippen LogP contribution is -2.25. The van der Waals surface area contributed by atoms with Gasteiger partial charge in [0.15, 0.2) is 0 Å². The third kappa shape index (κ3) is 6.43. The van der Waals surface area contributed by atoms with E-state index < -0.39 is 24.3 Å². The van der Waals surface area contributed by atoms with Gasteiger partial charge >= 0.3 is 12.1 Å². The monoisotopic (exact) mass is 421 g/mol. The number of hydrogen-bond donors (Lipinski definition) is 1. The molecule has 0 unspecified atom stereocenters. The van der Waals surface area contributed by atoms with Crippen LogP contribution < -0.4 is 0 Å². The Kier molecular flexibility index (Phi) is 7.51. The normalized spacial score (nSPS) is 11.6. The summed E-state index contributed by atoms with van der Waals surface area (Å²) in [6.45, 7) is -0.0565. The van der Waals surface area contributed by atoms with Crippen LogP contribution in [0.5, 0.6) is 0 Å². The lowest BCUT2D eigenvalue weighted by Gasteiger charge is -2.12. The molecule has 0 radical (unpaired) electrons. The summed E-state index contributed by atoms with van der Waals surface area (Å²) in [7, 11) is 0. The van der Waals surface area contributed by atoms with E-state index in [1.54, 1.807) is 24.3 Å². The highest BCUT2D eigenvalue weighted by Crippen LogP contribution is 2.27. The Bertz CT molecular complexity index is 964. The zero-order valence-corrected chi connectivity index (χ0v) is 15.7. The molecule has 0 aliphatic heterocycles. The molecule has 0 atom stereocenters. The maximum Gasteiger partial charge on any atom is 0.429 e. The predicted octanol–water partition coefficient (Wildman–Crippen LogP) is 5.50. The molecular formula is C20H15ClF3N3O2. The third-order valence-electron chi connectivity index (χ3n) is 3.70. The van der Waals surface area contributed by atoms with Crippen LogP contribution in [-0.4, -0.2) is 30.2 Å². The summed E-state index contributed by atoms with van der Waals surface area (Å²) in [4.78, 5) is 16.1. The molecular weight excluding hydrogens is 407 g/mol. The first-order valence-corrected chi connectivity index (χ1v) is 8.71. The summed E-state index contributed by atoms with van der Waals surface area (Å²) in [6, 6.07) is 13.8. The second-order valence-corrected chi connectivity index (χ2v) is 6.19. The molecule has 2 aromatic rings. The van der Waals surface area contributed by atoms with Crippen molar-refractivity contribution in [1.29, 1.82) is 10.7 Å². The van der Waals surface area contributed by atoms with E-state index in [0.717, 1.165) is 0 Å². The topological polar surface area (TPSA) is 86.3 Å². The minimum atomic E-state index is -4.79. The maximum absolute atomic E-state index is 12.9. The number of carbonyl (C=O) groups is 1. The van der Waals surface area contributed by atoms with E-state index in [9.17, 15) is 18.0 Å². The average Bonchev–Trinajstić information content (AvgIpc) is 2.68. The van der Waals surface area contributed by atoms with Crippen LogP contribution in [0, 0.1) is 16.7 Å². The smallest absolute Gasteiger partial charge is 0.429 e. The molecule has 29 heavy (non-hydrogen) atoms. The van der Waals surface area contributed by atoms with Gasteiger partial charge in [0.1, 0.15) is 12.3 Å². The van der Waals surface area contributed by atoms with E-state index in [4.69, 9.17) is 27.0 Å². The number of aliphatic imine (C=N–C) groups is 1. The lowest BCUT2D eigenvalue weighted by atomic mass is 10.0. The van der Waals surface area contributed by atoms with Crippen LogP contribution in [0.25, 0.3) is 0 Å². The Morgan fingerprint density at radius 3 is 2.34 bits per heavy atom. The Hall–Kier alpha value is -3.18. The van der Waals surface area contributed by atoms with Crippen molar-refractivity contribution >= 4 is 34.7 Å². The van der Waals surface area contributed by atoms with Crippen LogP contribution in [-0.2, 0) is 4.74 Å². The van der Waals surface area contributed by atoms with Crippen molar-refractivity contribution in [1.82, 2.24) is 0 Å². The van der Waals surface area contributed by atoms with E-state index in [1.165, 1.54) is 24.3 Å². The van der Waals surface area contributed by atoms with Crippen molar-refractivity contribution in [3.05, 3.63) is 64.7 Å². The third-order valence-corrected chi connectivity index (χ3v) is 4.01. The number of nitrogens with one attached hydrogen (secondary N) is 1. The fourth-order valence-electron chi connectivity index (χ4n) is 2.23. The molecule has 5 nitrogen and oxygen atoms in total. The van der Waals surface area contributed by atoms with E-state index in [0.29, 0.717) is 5.56 Å². The average molecular weight is 422 g/mol. The van der Waals surface area contributed by atoms with Crippen LogP contribution in [0.1, 0.15) is 28.8 Å². The van der Waals surface area contributed by atoms with Crippen molar-refractivity contribution in [3.8, 4) is 6.07 Å². The number of halogens is 4. The summed E-state index contributed by atoms with van der Waals surface area (Å²) >= 11 is 6.04. The Morgan fingerprint density at radius 1 is 1.14 bits per heavy atom. The van der Waals surface area contributed by atoms with Gasteiger partial charge in [-0.1, -0.05) is 35.9 Å². The van der Waals surface area contributed by atoms with E-state index in [-0.39, 0.29) is 35.0 Å². The van der Waals surface area contributed by atoms with Crippen LogP contribution in [0.2, 0.25) is 5.02 Å². The van der Waals surface area contributed by atoms with Gasteiger partial charge in [0.25, 0.3) is 0 Å². The molecule has 0 aliphatic carbocycles. The fourth-order valence-corrected chi connectivity index (χ4v) is 2.41. The lowest BCUT2D eigenvalue weighted by molar-refractivity contribution is -0.0605. The van der Waals surface area contributed by atoms with Gasteiger partial charge in [-0.25, -0.2) is 4.79 Å². The van der Waals surface area contributed by atoms with Crippen LogP contribution in [0.4, 0.5) is 18.9 Å². The van der Waals surface area contributed by atoms with Crippen molar-refractivity contribution in [3.63, 3.8) is 0 Å². The molecule has 1 N–H and O–H groups in total. The van der Waals surface area contributed by atoms with Crippen LogP contribution in [0.15, 0.2) is 53.5 Å². The number of para-hydroxylation sites is 1. The Balaban J connectivity index is 2.34. The molecule has 0 saturated heterocycles. The van der Waals surface area contributed by atoms with Gasteiger partial charge in [0, 0.05) is 6.42 Å². The molecule has 0 fully saturated rings. The minimum absolute atomic E-state index is 0.0233. The molecule has 9 heteroatoms. The Morgan fingerprint density at radius 2 is 1.76 bits per heavy atom. The number of hydrogen-bond acceptors (Lipinski definition) is 5. The molecule has 0 aliphatic rings. The molecule has 0 spiro atoms. The zero-order chi connectivity index (χ0) is 21.4. The number of nitriles is 1. The van der Waals surface area contributed by atoms with Crippen molar-refractivity contribution in [2.24, 2.45) is 4.99 Å². The summed E-state index contributed by atoms with van der Waals surface area (Å²) < 4.78 is 43.5. The first-order chi connectivity index (χ1) is 13.7. The van der Waals surface area contributed by atoms with Crippen molar-refractivity contribution in [2.75, 3.05) is 6.61 Å². The van der Waals surface area contributed by atoms with E-state index in [1.807, 2.05) is 6.07 Å². The summed E-state index contributed by atoms with van der Waals surface area (Å²) in [5.74, 6) is -0.653. The van der Waals surface area contributed by atoms with Gasteiger partial charge in [-0.3, -0.25) is 4.99 Å². The minimum Gasteiger partial charge on any atom is -0.461 e. The van der Waals surface area contributed by atoms with E-state index >= 15 is 0 Å². The second kappa shape index (κ2) is 9.85. The van der Waals surface area contributed by atoms with Gasteiger partial charge < -0.3 is 10.1 Å². The SMILES string of the molecule is N#CCCOC(=O)c1ccc(C(CC(=N)C(F)(F)F)=Nc2ccccc2Cl)cc1. The number of alkyl halides is 3. The van der Waals surface area contributed by atoms with Gasteiger partial charge in [-0.15, -0.1) is 0 Å². The standard InChI is InChI=1S/C20H15ClF3N3O2/c21-15-4-1-2-5-16(15)27-17(12-18(26)20(22,23)24)13-6-8-14(9-7-13)19(28)29-11-3-10-25/h1-2,4-9,26H,3,11-12H2. The number of benzene rings is 2. The molecule has 2 rings (SSSR count). The number of esters is 1. The molecule has 0 saturated carbocycles. The second-order valence-electron chi connectivity index (χ2n) is 5.78. The molecule has 0 heterocycles. The quantitative estimate of drug-likeness (QED) is 0.363. The van der Waals surface area contributed by atoms with Gasteiger partial charge in [0.2, 0.25) is 0 Å². The molecule has 0 amide bonds. The zero-order valence-electron chi connectivity index (χ0n) is 15.0.